The molecule has 0 radical (unpaired) electrons. The first-order valence-corrected chi connectivity index (χ1v) is 9.00. The Morgan fingerprint density at radius 3 is 2.69 bits per heavy atom. The maximum atomic E-state index is 12.2. The number of nitrogens with one attached hydrogen (secondary N) is 2. The van der Waals surface area contributed by atoms with Gasteiger partial charge in [-0.15, -0.1) is 0 Å². The van der Waals surface area contributed by atoms with Crippen LogP contribution in [0.2, 0.25) is 0 Å². The van der Waals surface area contributed by atoms with Crippen molar-refractivity contribution >= 4 is 17.6 Å². The highest BCUT2D eigenvalue weighted by Gasteiger charge is 2.19. The van der Waals surface area contributed by atoms with E-state index in [2.05, 4.69) is 15.7 Å². The Balaban J connectivity index is 1.53. The predicted molar refractivity (Wildman–Crippen MR) is 100 cm³/mol. The smallest absolute Gasteiger partial charge is 0.319 e. The second-order valence-corrected chi connectivity index (χ2v) is 6.51. The summed E-state index contributed by atoms with van der Waals surface area (Å²) in [5, 5.41) is 10.3. The van der Waals surface area contributed by atoms with Gasteiger partial charge in [0.05, 0.1) is 22.8 Å². The van der Waals surface area contributed by atoms with Crippen molar-refractivity contribution in [3.8, 4) is 5.69 Å². The molecule has 1 saturated heterocycles. The van der Waals surface area contributed by atoms with E-state index in [4.69, 9.17) is 0 Å². The summed E-state index contributed by atoms with van der Waals surface area (Å²) < 4.78 is 1.82. The lowest BCUT2D eigenvalue weighted by Gasteiger charge is -2.15. The third kappa shape index (κ3) is 4.04. The Morgan fingerprint density at radius 2 is 2.00 bits per heavy atom. The van der Waals surface area contributed by atoms with Gasteiger partial charge in [0, 0.05) is 26.1 Å². The normalized spacial score (nSPS) is 13.9. The Bertz CT molecular complexity index is 785. The van der Waals surface area contributed by atoms with Gasteiger partial charge < -0.3 is 15.5 Å². The van der Waals surface area contributed by atoms with E-state index >= 15 is 0 Å². The average Bonchev–Trinajstić information content (AvgIpc) is 3.17. The first-order valence-electron chi connectivity index (χ1n) is 9.00. The maximum Gasteiger partial charge on any atom is 0.319 e. The zero-order valence-corrected chi connectivity index (χ0v) is 15.3. The molecule has 1 fully saturated rings. The van der Waals surface area contributed by atoms with Crippen molar-refractivity contribution in [3.63, 3.8) is 0 Å². The first-order chi connectivity index (χ1) is 12.6. The third-order valence-electron chi connectivity index (χ3n) is 4.59. The molecule has 3 rings (SSSR count). The molecule has 26 heavy (non-hydrogen) atoms. The summed E-state index contributed by atoms with van der Waals surface area (Å²) in [6.07, 6.45) is 2.34. The number of hydrogen-bond acceptors (Lipinski definition) is 3. The van der Waals surface area contributed by atoms with Crippen LogP contribution in [0.25, 0.3) is 5.69 Å². The Kier molecular flexibility index (Phi) is 5.55. The molecule has 0 bridgehead atoms. The molecule has 0 atom stereocenters. The quantitative estimate of drug-likeness (QED) is 0.782. The molecule has 1 aliphatic heterocycles. The molecule has 2 N–H and O–H groups in total. The lowest BCUT2D eigenvalue weighted by atomic mass is 10.3. The van der Waals surface area contributed by atoms with Crippen LogP contribution in [0.3, 0.4) is 0 Å². The highest BCUT2D eigenvalue weighted by atomic mass is 16.2. The third-order valence-corrected chi connectivity index (χ3v) is 4.59. The Labute approximate surface area is 153 Å². The number of carbonyl (C=O) groups excluding carboxylic acids is 2. The van der Waals surface area contributed by atoms with Gasteiger partial charge in [-0.1, -0.05) is 18.2 Å². The molecule has 2 heterocycles. The van der Waals surface area contributed by atoms with Crippen LogP contribution in [-0.4, -0.2) is 46.3 Å². The highest BCUT2D eigenvalue weighted by Crippen LogP contribution is 2.22. The molecule has 7 heteroatoms. The van der Waals surface area contributed by atoms with E-state index in [0.29, 0.717) is 19.5 Å². The number of aryl methyl sites for hydroxylation is 1. The molecule has 0 unspecified atom stereocenters. The second-order valence-electron chi connectivity index (χ2n) is 6.51. The number of carbonyl (C=O) groups is 2. The molecule has 7 nitrogen and oxygen atoms in total. The molecule has 0 saturated carbocycles. The molecule has 1 aromatic carbocycles. The fraction of sp³-hybridized carbons (Fsp3) is 0.421. The summed E-state index contributed by atoms with van der Waals surface area (Å²) in [5.41, 5.74) is 3.33. The van der Waals surface area contributed by atoms with Crippen LogP contribution in [0, 0.1) is 13.8 Å². The van der Waals surface area contributed by atoms with Gasteiger partial charge in [0.15, 0.2) is 0 Å². The van der Waals surface area contributed by atoms with Crippen LogP contribution in [0.1, 0.15) is 30.7 Å². The molecule has 0 spiro atoms. The van der Waals surface area contributed by atoms with Crippen molar-refractivity contribution in [1.82, 2.24) is 20.0 Å². The van der Waals surface area contributed by atoms with Crippen LogP contribution in [0.15, 0.2) is 30.3 Å². The van der Waals surface area contributed by atoms with E-state index in [0.717, 1.165) is 42.1 Å². The standard InChI is InChI=1S/C19H25N5O2/c1-14-18(15(2)24(22-14)16-8-4-3-5-9-16)21-19(26)20-11-7-13-23-12-6-10-17(23)25/h3-5,8-9H,6-7,10-13H2,1-2H3,(H2,20,21,26). The van der Waals surface area contributed by atoms with E-state index < -0.39 is 0 Å². The van der Waals surface area contributed by atoms with Gasteiger partial charge in [0.1, 0.15) is 0 Å². The summed E-state index contributed by atoms with van der Waals surface area (Å²) in [5.74, 6) is 0.217. The molecule has 0 aliphatic carbocycles. The molecule has 138 valence electrons. The summed E-state index contributed by atoms with van der Waals surface area (Å²) in [6.45, 7) is 5.87. The van der Waals surface area contributed by atoms with Crippen molar-refractivity contribution in [2.75, 3.05) is 25.0 Å². The number of nitrogens with zero attached hydrogens (tertiary/aromatic N) is 3. The summed E-state index contributed by atoms with van der Waals surface area (Å²) in [4.78, 5) is 25.6. The molecule has 1 aromatic heterocycles. The zero-order chi connectivity index (χ0) is 18.5. The summed E-state index contributed by atoms with van der Waals surface area (Å²) in [6, 6.07) is 9.56. The zero-order valence-electron chi connectivity index (χ0n) is 15.3. The molecule has 1 aliphatic rings. The van der Waals surface area contributed by atoms with Crippen LogP contribution >= 0.6 is 0 Å². The van der Waals surface area contributed by atoms with E-state index in [1.807, 2.05) is 53.8 Å². The lowest BCUT2D eigenvalue weighted by molar-refractivity contribution is -0.127. The summed E-state index contributed by atoms with van der Waals surface area (Å²) in [7, 11) is 0. The van der Waals surface area contributed by atoms with Crippen LogP contribution in [-0.2, 0) is 4.79 Å². The van der Waals surface area contributed by atoms with E-state index in [-0.39, 0.29) is 11.9 Å². The maximum absolute atomic E-state index is 12.2. The monoisotopic (exact) mass is 355 g/mol. The number of anilines is 1. The topological polar surface area (TPSA) is 79.3 Å². The number of aromatic nitrogens is 2. The minimum absolute atomic E-state index is 0.217. The molecule has 2 aromatic rings. The fourth-order valence-corrected chi connectivity index (χ4v) is 3.21. The minimum atomic E-state index is -0.253. The van der Waals surface area contributed by atoms with Crippen LogP contribution < -0.4 is 10.6 Å². The number of urea groups is 1. The van der Waals surface area contributed by atoms with Crippen molar-refractivity contribution in [3.05, 3.63) is 41.7 Å². The van der Waals surface area contributed by atoms with Gasteiger partial charge in [-0.25, -0.2) is 9.48 Å². The van der Waals surface area contributed by atoms with Gasteiger partial charge in [-0.2, -0.15) is 5.10 Å². The molecular weight excluding hydrogens is 330 g/mol. The molecule has 3 amide bonds. The number of likely N-dealkylation sites (tertiary alicyclic amines) is 1. The lowest BCUT2D eigenvalue weighted by Crippen LogP contribution is -2.33. The highest BCUT2D eigenvalue weighted by molar-refractivity contribution is 5.90. The fourth-order valence-electron chi connectivity index (χ4n) is 3.21. The van der Waals surface area contributed by atoms with Gasteiger partial charge in [0.25, 0.3) is 0 Å². The number of para-hydroxylation sites is 1. The second kappa shape index (κ2) is 8.03. The molecular formula is C19H25N5O2. The average molecular weight is 355 g/mol. The Hall–Kier alpha value is -2.83. The number of hydrogen-bond donors (Lipinski definition) is 2. The van der Waals surface area contributed by atoms with Crippen LogP contribution in [0.4, 0.5) is 10.5 Å². The van der Waals surface area contributed by atoms with E-state index in [1.165, 1.54) is 0 Å². The van der Waals surface area contributed by atoms with Gasteiger partial charge in [-0.05, 0) is 38.8 Å². The number of amides is 3. The first kappa shape index (κ1) is 18.0. The predicted octanol–water partition coefficient (Wildman–Crippen LogP) is 2.62. The van der Waals surface area contributed by atoms with E-state index in [9.17, 15) is 9.59 Å². The van der Waals surface area contributed by atoms with Crippen LogP contribution in [0.5, 0.6) is 0 Å². The van der Waals surface area contributed by atoms with Gasteiger partial charge in [-0.3, -0.25) is 4.79 Å². The summed E-state index contributed by atoms with van der Waals surface area (Å²) >= 11 is 0. The van der Waals surface area contributed by atoms with Gasteiger partial charge >= 0.3 is 6.03 Å². The number of rotatable bonds is 6. The van der Waals surface area contributed by atoms with Crippen molar-refractivity contribution in [2.45, 2.75) is 33.1 Å². The van der Waals surface area contributed by atoms with Crippen molar-refractivity contribution in [1.29, 1.82) is 0 Å². The van der Waals surface area contributed by atoms with Crippen molar-refractivity contribution in [2.24, 2.45) is 0 Å². The number of benzene rings is 1. The largest absolute Gasteiger partial charge is 0.343 e. The van der Waals surface area contributed by atoms with Crippen molar-refractivity contribution < 1.29 is 9.59 Å². The minimum Gasteiger partial charge on any atom is -0.343 e. The van der Waals surface area contributed by atoms with E-state index in [1.54, 1.807) is 0 Å². The SMILES string of the molecule is Cc1nn(-c2ccccc2)c(C)c1NC(=O)NCCCN1CCCC1=O. The Morgan fingerprint density at radius 1 is 1.23 bits per heavy atom. The van der Waals surface area contributed by atoms with Gasteiger partial charge in [0.2, 0.25) is 5.91 Å².